The van der Waals surface area contributed by atoms with Crippen LogP contribution in [-0.4, -0.2) is 29.2 Å². The molecule has 0 aromatic heterocycles. The maximum Gasteiger partial charge on any atom is 0.323 e. The summed E-state index contributed by atoms with van der Waals surface area (Å²) in [6.45, 7) is 2.77. The number of nitrogens with one attached hydrogen (secondary N) is 2. The molecule has 1 aromatic carbocycles. The van der Waals surface area contributed by atoms with Gasteiger partial charge in [0.25, 0.3) is 5.91 Å². The molecule has 3 rings (SSSR count). The van der Waals surface area contributed by atoms with Crippen LogP contribution in [0.25, 0.3) is 6.08 Å². The Morgan fingerprint density at radius 3 is 2.47 bits per heavy atom. The Bertz CT molecular complexity index is 725. The highest BCUT2D eigenvalue weighted by Gasteiger charge is 2.34. The second kappa shape index (κ2) is 11.3. The van der Waals surface area contributed by atoms with Crippen LogP contribution in [0.4, 0.5) is 0 Å². The normalized spacial score (nSPS) is 23.4. The van der Waals surface area contributed by atoms with Crippen molar-refractivity contribution >= 4 is 18.0 Å². The van der Waals surface area contributed by atoms with Crippen LogP contribution in [0.1, 0.15) is 69.4 Å². The maximum absolute atomic E-state index is 13.0. The molecule has 0 saturated heterocycles. The molecule has 164 valence electrons. The first kappa shape index (κ1) is 22.5. The molecule has 1 amide bonds. The van der Waals surface area contributed by atoms with Crippen LogP contribution in [-0.2, 0) is 20.9 Å². The Morgan fingerprint density at radius 1 is 1.10 bits per heavy atom. The molecule has 2 fully saturated rings. The van der Waals surface area contributed by atoms with Crippen LogP contribution in [0.15, 0.2) is 30.3 Å². The zero-order valence-corrected chi connectivity index (χ0v) is 17.8. The predicted octanol–water partition coefficient (Wildman–Crippen LogP) is 3.98. The van der Waals surface area contributed by atoms with Crippen LogP contribution in [0.3, 0.4) is 0 Å². The van der Waals surface area contributed by atoms with Gasteiger partial charge in [-0.1, -0.05) is 50.5 Å². The van der Waals surface area contributed by atoms with Crippen LogP contribution in [0, 0.1) is 11.8 Å². The summed E-state index contributed by atoms with van der Waals surface area (Å²) in [6, 6.07) is 7.52. The van der Waals surface area contributed by atoms with Gasteiger partial charge in [-0.25, -0.2) is 5.48 Å². The van der Waals surface area contributed by atoms with Gasteiger partial charge in [0.1, 0.15) is 12.1 Å². The first-order chi connectivity index (χ1) is 14.6. The SMILES string of the molecule is CC1CCCC1OC(=O)[C@@H](NCc1ccc(C=CC(=O)NO)cc1)C1CCCCC1. The molecule has 2 unspecified atom stereocenters. The Kier molecular flexibility index (Phi) is 8.46. The van der Waals surface area contributed by atoms with Crippen molar-refractivity contribution in [1.29, 1.82) is 0 Å². The fraction of sp³-hybridized carbons (Fsp3) is 0.583. The number of carbonyl (C=O) groups is 2. The molecule has 6 heteroatoms. The summed E-state index contributed by atoms with van der Waals surface area (Å²) < 4.78 is 5.94. The molecule has 2 aliphatic carbocycles. The van der Waals surface area contributed by atoms with Crippen molar-refractivity contribution in [2.45, 2.75) is 77.0 Å². The molecule has 2 saturated carbocycles. The van der Waals surface area contributed by atoms with E-state index < -0.39 is 5.91 Å². The third-order valence-corrected chi connectivity index (χ3v) is 6.47. The smallest absolute Gasteiger partial charge is 0.323 e. The Labute approximate surface area is 179 Å². The van der Waals surface area contributed by atoms with E-state index in [2.05, 4.69) is 12.2 Å². The monoisotopic (exact) mass is 414 g/mol. The minimum atomic E-state index is -0.564. The van der Waals surface area contributed by atoms with Crippen molar-refractivity contribution in [2.24, 2.45) is 11.8 Å². The van der Waals surface area contributed by atoms with E-state index in [1.165, 1.54) is 25.3 Å². The van der Waals surface area contributed by atoms with Crippen molar-refractivity contribution in [2.75, 3.05) is 0 Å². The number of ether oxygens (including phenoxy) is 1. The van der Waals surface area contributed by atoms with Crippen LogP contribution in [0.2, 0.25) is 0 Å². The van der Waals surface area contributed by atoms with Crippen LogP contribution < -0.4 is 10.8 Å². The van der Waals surface area contributed by atoms with Gasteiger partial charge in [0.2, 0.25) is 0 Å². The molecular weight excluding hydrogens is 380 g/mol. The topological polar surface area (TPSA) is 87.7 Å². The van der Waals surface area contributed by atoms with Gasteiger partial charge in [-0.2, -0.15) is 0 Å². The van der Waals surface area contributed by atoms with Crippen molar-refractivity contribution in [3.8, 4) is 0 Å². The molecule has 2 aliphatic rings. The van der Waals surface area contributed by atoms with Crippen molar-refractivity contribution in [1.82, 2.24) is 10.8 Å². The van der Waals surface area contributed by atoms with Crippen molar-refractivity contribution in [3.05, 3.63) is 41.5 Å². The second-order valence-corrected chi connectivity index (χ2v) is 8.69. The number of hydrogen-bond donors (Lipinski definition) is 3. The van der Waals surface area contributed by atoms with Gasteiger partial charge < -0.3 is 10.1 Å². The summed E-state index contributed by atoms with van der Waals surface area (Å²) in [5, 5.41) is 12.0. The summed E-state index contributed by atoms with van der Waals surface area (Å²) in [5.41, 5.74) is 3.50. The summed E-state index contributed by atoms with van der Waals surface area (Å²) in [4.78, 5) is 24.1. The number of esters is 1. The average molecular weight is 415 g/mol. The standard InChI is InChI=1S/C24H34N2O4/c1-17-6-5-9-21(17)30-24(28)23(20-7-3-2-4-8-20)25-16-19-12-10-18(11-13-19)14-15-22(27)26-29/h10-15,17,20-21,23,25,29H,2-9,16H2,1H3,(H,26,27)/t17?,21?,23-/m0/s1. The van der Waals surface area contributed by atoms with E-state index in [1.54, 1.807) is 11.6 Å². The minimum Gasteiger partial charge on any atom is -0.461 e. The molecule has 1 aromatic rings. The van der Waals surface area contributed by atoms with Gasteiger partial charge in [0.05, 0.1) is 0 Å². The Hall–Kier alpha value is -2.18. The minimum absolute atomic E-state index is 0.0626. The highest BCUT2D eigenvalue weighted by Crippen LogP contribution is 2.31. The number of hydrogen-bond acceptors (Lipinski definition) is 5. The first-order valence-corrected chi connectivity index (χ1v) is 11.2. The number of rotatable bonds is 8. The fourth-order valence-electron chi connectivity index (χ4n) is 4.60. The van der Waals surface area contributed by atoms with E-state index >= 15 is 0 Å². The molecule has 6 nitrogen and oxygen atoms in total. The van der Waals surface area contributed by atoms with Gasteiger partial charge in [-0.05, 0) is 61.1 Å². The summed E-state index contributed by atoms with van der Waals surface area (Å²) >= 11 is 0. The van der Waals surface area contributed by atoms with Gasteiger partial charge in [0, 0.05) is 12.6 Å². The van der Waals surface area contributed by atoms with E-state index in [0.717, 1.165) is 43.2 Å². The zero-order chi connectivity index (χ0) is 21.3. The molecule has 0 spiro atoms. The lowest BCUT2D eigenvalue weighted by atomic mass is 9.83. The Balaban J connectivity index is 1.60. The summed E-state index contributed by atoms with van der Waals surface area (Å²) in [6.07, 6.45) is 12.0. The third kappa shape index (κ3) is 6.41. The second-order valence-electron chi connectivity index (χ2n) is 8.69. The molecule has 0 heterocycles. The van der Waals surface area contributed by atoms with Gasteiger partial charge in [-0.3, -0.25) is 14.8 Å². The lowest BCUT2D eigenvalue weighted by Gasteiger charge is -2.31. The van der Waals surface area contributed by atoms with E-state index in [0.29, 0.717) is 18.4 Å². The molecule has 0 radical (unpaired) electrons. The molecule has 0 aliphatic heterocycles. The molecule has 0 bridgehead atoms. The quantitative estimate of drug-likeness (QED) is 0.259. The molecule has 3 N–H and O–H groups in total. The molecular formula is C24H34N2O4. The largest absolute Gasteiger partial charge is 0.461 e. The summed E-state index contributed by atoms with van der Waals surface area (Å²) in [7, 11) is 0. The number of carbonyl (C=O) groups excluding carboxylic acids is 2. The van der Waals surface area contributed by atoms with E-state index in [9.17, 15) is 9.59 Å². The van der Waals surface area contributed by atoms with Crippen molar-refractivity contribution in [3.63, 3.8) is 0 Å². The predicted molar refractivity (Wildman–Crippen MR) is 116 cm³/mol. The number of benzene rings is 1. The van der Waals surface area contributed by atoms with Crippen molar-refractivity contribution < 1.29 is 19.5 Å². The fourth-order valence-corrected chi connectivity index (χ4v) is 4.60. The summed E-state index contributed by atoms with van der Waals surface area (Å²) in [5.74, 6) is 0.137. The van der Waals surface area contributed by atoms with Crippen LogP contribution >= 0.6 is 0 Å². The van der Waals surface area contributed by atoms with Crippen LogP contribution in [0.5, 0.6) is 0 Å². The van der Waals surface area contributed by atoms with E-state index in [1.807, 2.05) is 24.3 Å². The lowest BCUT2D eigenvalue weighted by molar-refractivity contribution is -0.155. The molecule has 3 atom stereocenters. The maximum atomic E-state index is 13.0. The third-order valence-electron chi connectivity index (χ3n) is 6.47. The first-order valence-electron chi connectivity index (χ1n) is 11.2. The highest BCUT2D eigenvalue weighted by molar-refractivity contribution is 5.90. The zero-order valence-electron chi connectivity index (χ0n) is 17.8. The number of hydroxylamine groups is 1. The van der Waals surface area contributed by atoms with Gasteiger partial charge in [0.15, 0.2) is 0 Å². The van der Waals surface area contributed by atoms with Gasteiger partial charge in [-0.15, -0.1) is 0 Å². The number of amides is 1. The molecule has 30 heavy (non-hydrogen) atoms. The lowest BCUT2D eigenvalue weighted by Crippen LogP contribution is -2.45. The van der Waals surface area contributed by atoms with E-state index in [-0.39, 0.29) is 18.1 Å². The Morgan fingerprint density at radius 2 is 1.83 bits per heavy atom. The van der Waals surface area contributed by atoms with Gasteiger partial charge >= 0.3 is 5.97 Å². The highest BCUT2D eigenvalue weighted by atomic mass is 16.5. The average Bonchev–Trinajstić information content (AvgIpc) is 3.18. The van der Waals surface area contributed by atoms with E-state index in [4.69, 9.17) is 9.94 Å².